The minimum absolute atomic E-state index is 0.200. The first kappa shape index (κ1) is 18.4. The molecule has 2 unspecified atom stereocenters. The quantitative estimate of drug-likeness (QED) is 0.737. The third-order valence-electron chi connectivity index (χ3n) is 3.49. The molecule has 0 saturated heterocycles. The van der Waals surface area contributed by atoms with Gasteiger partial charge in [0.15, 0.2) is 5.15 Å². The lowest BCUT2D eigenvalue weighted by Crippen LogP contribution is -2.39. The van der Waals surface area contributed by atoms with Gasteiger partial charge in [-0.2, -0.15) is 5.10 Å². The summed E-state index contributed by atoms with van der Waals surface area (Å²) in [5.41, 5.74) is 1.21. The summed E-state index contributed by atoms with van der Waals surface area (Å²) in [7, 11) is -1.27. The largest absolute Gasteiger partial charge is 0.303 e. The Hall–Kier alpha value is -1.99. The molecule has 0 aromatic carbocycles. The van der Waals surface area contributed by atoms with E-state index in [1.54, 1.807) is 36.3 Å². The maximum atomic E-state index is 12.7. The number of nitrogens with zero attached hydrogens (tertiary/aromatic N) is 4. The lowest BCUT2D eigenvalue weighted by molar-refractivity contribution is -0.117. The van der Waals surface area contributed by atoms with E-state index in [1.807, 2.05) is 25.1 Å². The first-order valence-electron chi connectivity index (χ1n) is 7.36. The second-order valence-corrected chi connectivity index (χ2v) is 7.18. The predicted octanol–water partition coefficient (Wildman–Crippen LogP) is 2.60. The number of rotatable bonds is 6. The minimum Gasteiger partial charge on any atom is -0.303 e. The molecular formula is C16H19ClN4O2S. The minimum atomic E-state index is -1.27. The number of aromatic nitrogens is 3. The Morgan fingerprint density at radius 3 is 2.88 bits per heavy atom. The summed E-state index contributed by atoms with van der Waals surface area (Å²) >= 11 is 6.25. The Morgan fingerprint density at radius 2 is 2.29 bits per heavy atom. The molecule has 0 radical (unpaired) electrons. The highest BCUT2D eigenvalue weighted by molar-refractivity contribution is 7.85. The van der Waals surface area contributed by atoms with Crippen molar-refractivity contribution in [3.05, 3.63) is 48.0 Å². The highest BCUT2D eigenvalue weighted by atomic mass is 35.5. The molecule has 128 valence electrons. The fourth-order valence-corrected chi connectivity index (χ4v) is 2.67. The Morgan fingerprint density at radius 1 is 1.54 bits per heavy atom. The zero-order valence-corrected chi connectivity index (χ0v) is 15.3. The van der Waals surface area contributed by atoms with E-state index in [4.69, 9.17) is 11.6 Å². The van der Waals surface area contributed by atoms with Crippen LogP contribution in [0.15, 0.2) is 42.9 Å². The van der Waals surface area contributed by atoms with Crippen molar-refractivity contribution < 1.29 is 9.00 Å². The first-order valence-corrected chi connectivity index (χ1v) is 9.36. The normalized spacial score (nSPS) is 13.8. The van der Waals surface area contributed by atoms with Crippen molar-refractivity contribution in [2.24, 2.45) is 0 Å². The summed E-state index contributed by atoms with van der Waals surface area (Å²) in [6.07, 6.45) is 10.2. The van der Waals surface area contributed by atoms with Gasteiger partial charge in [-0.05, 0) is 26.0 Å². The van der Waals surface area contributed by atoms with Gasteiger partial charge in [-0.1, -0.05) is 23.8 Å². The summed E-state index contributed by atoms with van der Waals surface area (Å²) in [6.45, 7) is 3.83. The van der Waals surface area contributed by atoms with Gasteiger partial charge in [0.1, 0.15) is 10.9 Å². The van der Waals surface area contributed by atoms with Gasteiger partial charge in [-0.25, -0.2) is 4.68 Å². The van der Waals surface area contributed by atoms with Gasteiger partial charge in [-0.15, -0.1) is 0 Å². The van der Waals surface area contributed by atoms with Gasteiger partial charge < -0.3 is 4.90 Å². The molecule has 8 heteroatoms. The van der Waals surface area contributed by atoms with E-state index in [9.17, 15) is 9.00 Å². The number of hydrogen-bond acceptors (Lipinski definition) is 4. The van der Waals surface area contributed by atoms with Crippen molar-refractivity contribution in [2.75, 3.05) is 17.7 Å². The van der Waals surface area contributed by atoms with E-state index in [-0.39, 0.29) is 11.1 Å². The average molecular weight is 367 g/mol. The molecule has 24 heavy (non-hydrogen) atoms. The molecule has 2 rings (SSSR count). The number of hydrogen-bond donors (Lipinski definition) is 0. The van der Waals surface area contributed by atoms with Crippen LogP contribution in [0.5, 0.6) is 0 Å². The van der Waals surface area contributed by atoms with Gasteiger partial charge in [0.25, 0.3) is 0 Å². The zero-order chi connectivity index (χ0) is 17.7. The molecule has 0 aliphatic heterocycles. The molecule has 0 fully saturated rings. The molecule has 0 aliphatic carbocycles. The fourth-order valence-electron chi connectivity index (χ4n) is 2.03. The summed E-state index contributed by atoms with van der Waals surface area (Å²) in [6, 6.07) is 3.62. The van der Waals surface area contributed by atoms with Gasteiger partial charge in [-0.3, -0.25) is 14.0 Å². The van der Waals surface area contributed by atoms with E-state index < -0.39 is 16.0 Å². The smallest absolute Gasteiger partial charge is 0.242 e. The number of allylic oxidation sites excluding steroid dienone is 1. The number of carbonyl (C=O) groups is 1. The Kier molecular flexibility index (Phi) is 6.28. The SMILES string of the molecule is C/C=C\CN(C(=O)C(C)S(C)=O)c1cn(-c2cccnc2)nc1Cl. The molecular weight excluding hydrogens is 348 g/mol. The second-order valence-electron chi connectivity index (χ2n) is 5.12. The van der Waals surface area contributed by atoms with Gasteiger partial charge in [0.05, 0.1) is 18.1 Å². The average Bonchev–Trinajstić information content (AvgIpc) is 2.97. The fraction of sp³-hybridized carbons (Fsp3) is 0.312. The molecule has 2 aromatic heterocycles. The molecule has 0 N–H and O–H groups in total. The number of amides is 1. The van der Waals surface area contributed by atoms with Crippen LogP contribution in [-0.4, -0.2) is 42.9 Å². The zero-order valence-electron chi connectivity index (χ0n) is 13.7. The number of pyridine rings is 1. The maximum absolute atomic E-state index is 12.7. The summed E-state index contributed by atoms with van der Waals surface area (Å²) in [5.74, 6) is -0.262. The topological polar surface area (TPSA) is 68.1 Å². The Balaban J connectivity index is 2.41. The molecule has 0 spiro atoms. The van der Waals surface area contributed by atoms with Gasteiger partial charge in [0, 0.05) is 29.8 Å². The number of carbonyl (C=O) groups excluding carboxylic acids is 1. The second kappa shape index (κ2) is 8.21. The third kappa shape index (κ3) is 4.10. The number of halogens is 1. The standard InChI is InChI=1S/C16H19ClN4O2S/c1-4-5-9-20(16(22)12(2)24(3)23)14-11-21(19-15(14)17)13-7-6-8-18-10-13/h4-8,10-12H,9H2,1-3H3/b5-4-. The predicted molar refractivity (Wildman–Crippen MR) is 97.1 cm³/mol. The van der Waals surface area contributed by atoms with Crippen molar-refractivity contribution in [2.45, 2.75) is 19.1 Å². The highest BCUT2D eigenvalue weighted by Crippen LogP contribution is 2.27. The molecule has 0 bridgehead atoms. The van der Waals surface area contributed by atoms with Gasteiger partial charge in [0.2, 0.25) is 5.91 Å². The molecule has 2 heterocycles. The molecule has 0 aliphatic rings. The van der Waals surface area contributed by atoms with Crippen LogP contribution in [-0.2, 0) is 15.6 Å². The van der Waals surface area contributed by atoms with Crippen LogP contribution in [0.2, 0.25) is 5.15 Å². The maximum Gasteiger partial charge on any atom is 0.242 e. The summed E-state index contributed by atoms with van der Waals surface area (Å²) in [5, 5.41) is 3.81. The van der Waals surface area contributed by atoms with Crippen LogP contribution in [0.3, 0.4) is 0 Å². The van der Waals surface area contributed by atoms with Crippen LogP contribution in [0.4, 0.5) is 5.69 Å². The van der Waals surface area contributed by atoms with Crippen molar-refractivity contribution in [3.8, 4) is 5.69 Å². The van der Waals surface area contributed by atoms with E-state index in [2.05, 4.69) is 10.1 Å². The van der Waals surface area contributed by atoms with E-state index in [0.29, 0.717) is 12.2 Å². The lowest BCUT2D eigenvalue weighted by atomic mass is 10.3. The van der Waals surface area contributed by atoms with Crippen LogP contribution in [0.25, 0.3) is 5.69 Å². The molecule has 2 aromatic rings. The van der Waals surface area contributed by atoms with E-state index in [0.717, 1.165) is 5.69 Å². The van der Waals surface area contributed by atoms with Crippen LogP contribution < -0.4 is 4.90 Å². The molecule has 0 saturated carbocycles. The first-order chi connectivity index (χ1) is 11.5. The van der Waals surface area contributed by atoms with Crippen LogP contribution in [0.1, 0.15) is 13.8 Å². The van der Waals surface area contributed by atoms with Crippen molar-refractivity contribution in [1.29, 1.82) is 0 Å². The van der Waals surface area contributed by atoms with Crippen molar-refractivity contribution in [3.63, 3.8) is 0 Å². The van der Waals surface area contributed by atoms with Crippen molar-refractivity contribution in [1.82, 2.24) is 14.8 Å². The summed E-state index contributed by atoms with van der Waals surface area (Å²) in [4.78, 5) is 18.2. The molecule has 1 amide bonds. The Bertz CT molecular complexity index is 761. The van der Waals surface area contributed by atoms with Crippen molar-refractivity contribution >= 4 is 34.0 Å². The van der Waals surface area contributed by atoms with E-state index in [1.165, 1.54) is 11.2 Å². The molecule has 2 atom stereocenters. The third-order valence-corrected chi connectivity index (χ3v) is 4.95. The lowest BCUT2D eigenvalue weighted by Gasteiger charge is -2.22. The highest BCUT2D eigenvalue weighted by Gasteiger charge is 2.27. The van der Waals surface area contributed by atoms with E-state index >= 15 is 0 Å². The summed E-state index contributed by atoms with van der Waals surface area (Å²) < 4.78 is 13.3. The molecule has 6 nitrogen and oxygen atoms in total. The monoisotopic (exact) mass is 366 g/mol. The number of anilines is 1. The van der Waals surface area contributed by atoms with Crippen LogP contribution >= 0.6 is 11.6 Å². The Labute approximate surface area is 148 Å². The van der Waals surface area contributed by atoms with Crippen LogP contribution in [0, 0.1) is 0 Å². The van der Waals surface area contributed by atoms with Gasteiger partial charge >= 0.3 is 0 Å².